The van der Waals surface area contributed by atoms with Crippen LogP contribution in [0.3, 0.4) is 0 Å². The normalized spacial score (nSPS) is 11.6. The van der Waals surface area contributed by atoms with Gasteiger partial charge in [0.05, 0.1) is 12.3 Å². The van der Waals surface area contributed by atoms with Crippen molar-refractivity contribution in [1.82, 2.24) is 10.6 Å². The van der Waals surface area contributed by atoms with E-state index < -0.39 is 9.84 Å². The van der Waals surface area contributed by atoms with E-state index in [9.17, 15) is 8.42 Å². The summed E-state index contributed by atoms with van der Waals surface area (Å²) in [6, 6.07) is 10.2. The molecule has 1 aromatic rings. The molecule has 1 rings (SSSR count). The molecule has 0 aliphatic carbocycles. The first-order chi connectivity index (χ1) is 9.51. The third-order valence-electron chi connectivity index (χ3n) is 2.63. The van der Waals surface area contributed by atoms with E-state index in [0.717, 1.165) is 19.5 Å². The van der Waals surface area contributed by atoms with Gasteiger partial charge in [-0.25, -0.2) is 8.42 Å². The highest BCUT2D eigenvalue weighted by Gasteiger charge is 2.02. The van der Waals surface area contributed by atoms with E-state index in [0.29, 0.717) is 5.96 Å². The molecule has 0 unspecified atom stereocenters. The summed E-state index contributed by atoms with van der Waals surface area (Å²) in [5.74, 6) is 0.731. The molecule has 5 nitrogen and oxygen atoms in total. The van der Waals surface area contributed by atoms with Gasteiger partial charge in [-0.05, 0) is 18.9 Å². The van der Waals surface area contributed by atoms with Crippen molar-refractivity contribution in [2.75, 3.05) is 31.6 Å². The quantitative estimate of drug-likeness (QED) is 0.394. The lowest BCUT2D eigenvalue weighted by Crippen LogP contribution is -2.38. The molecule has 0 radical (unpaired) electrons. The van der Waals surface area contributed by atoms with Gasteiger partial charge in [-0.3, -0.25) is 4.99 Å². The molecule has 0 atom stereocenters. The summed E-state index contributed by atoms with van der Waals surface area (Å²) in [4.78, 5) is 4.25. The van der Waals surface area contributed by atoms with Crippen LogP contribution in [-0.2, 0) is 16.3 Å². The fraction of sp³-hybridized carbons (Fsp3) is 0.500. The standard InChI is InChI=1S/C14H23N3O2S.HI/c1-3-15-14(17-11-12-20(2,18)19)16-10-9-13-7-5-4-6-8-13;/h4-8H,3,9-12H2,1-2H3,(H2,15,16,17);1H. The van der Waals surface area contributed by atoms with Gasteiger partial charge in [-0.2, -0.15) is 0 Å². The van der Waals surface area contributed by atoms with E-state index in [-0.39, 0.29) is 36.3 Å². The average molecular weight is 425 g/mol. The second-order valence-electron chi connectivity index (χ2n) is 4.55. The number of nitrogens with zero attached hydrogens (tertiary/aromatic N) is 1. The second kappa shape index (κ2) is 10.8. The number of guanidine groups is 1. The maximum Gasteiger partial charge on any atom is 0.191 e. The molecule has 0 aromatic heterocycles. The van der Waals surface area contributed by atoms with Crippen LogP contribution in [0.5, 0.6) is 0 Å². The van der Waals surface area contributed by atoms with Gasteiger partial charge in [0.2, 0.25) is 0 Å². The number of sulfone groups is 1. The van der Waals surface area contributed by atoms with Crippen molar-refractivity contribution in [3.63, 3.8) is 0 Å². The van der Waals surface area contributed by atoms with E-state index in [2.05, 4.69) is 27.8 Å². The molecule has 0 aliphatic heterocycles. The minimum atomic E-state index is -2.96. The number of rotatable bonds is 7. The number of nitrogens with one attached hydrogen (secondary N) is 2. The second-order valence-corrected chi connectivity index (χ2v) is 6.81. The highest BCUT2D eigenvalue weighted by Crippen LogP contribution is 1.98. The lowest BCUT2D eigenvalue weighted by molar-refractivity contribution is 0.601. The average Bonchev–Trinajstić information content (AvgIpc) is 2.38. The zero-order chi connectivity index (χ0) is 14.8. The highest BCUT2D eigenvalue weighted by molar-refractivity contribution is 14.0. The first kappa shape index (κ1) is 20.2. The van der Waals surface area contributed by atoms with Gasteiger partial charge in [0, 0.05) is 19.3 Å². The summed E-state index contributed by atoms with van der Waals surface area (Å²) in [6.07, 6.45) is 2.12. The van der Waals surface area contributed by atoms with Crippen LogP contribution in [0.4, 0.5) is 0 Å². The Morgan fingerprint density at radius 2 is 1.86 bits per heavy atom. The van der Waals surface area contributed by atoms with Crippen molar-refractivity contribution in [3.05, 3.63) is 35.9 Å². The lowest BCUT2D eigenvalue weighted by atomic mass is 10.1. The molecule has 0 amide bonds. The van der Waals surface area contributed by atoms with E-state index >= 15 is 0 Å². The van der Waals surface area contributed by atoms with Crippen LogP contribution in [-0.4, -0.2) is 46.0 Å². The molecule has 0 aliphatic rings. The third kappa shape index (κ3) is 10.5. The fourth-order valence-electron chi connectivity index (χ4n) is 1.63. The minimum Gasteiger partial charge on any atom is -0.357 e. The van der Waals surface area contributed by atoms with Crippen molar-refractivity contribution < 1.29 is 8.42 Å². The van der Waals surface area contributed by atoms with Gasteiger partial charge in [-0.1, -0.05) is 30.3 Å². The first-order valence-corrected chi connectivity index (χ1v) is 8.81. The van der Waals surface area contributed by atoms with Gasteiger partial charge in [-0.15, -0.1) is 24.0 Å². The van der Waals surface area contributed by atoms with Crippen LogP contribution in [0.2, 0.25) is 0 Å². The summed E-state index contributed by atoms with van der Waals surface area (Å²) >= 11 is 0. The summed E-state index contributed by atoms with van der Waals surface area (Å²) in [6.45, 7) is 3.76. The van der Waals surface area contributed by atoms with E-state index in [4.69, 9.17) is 0 Å². The molecule has 0 saturated carbocycles. The Bertz CT molecular complexity index is 518. The van der Waals surface area contributed by atoms with E-state index in [1.165, 1.54) is 11.8 Å². The predicted molar refractivity (Wildman–Crippen MR) is 99.3 cm³/mol. The van der Waals surface area contributed by atoms with Gasteiger partial charge in [0.15, 0.2) is 5.96 Å². The Morgan fingerprint density at radius 3 is 2.43 bits per heavy atom. The molecule has 2 N–H and O–H groups in total. The topological polar surface area (TPSA) is 70.6 Å². The minimum absolute atomic E-state index is 0. The largest absolute Gasteiger partial charge is 0.357 e. The molecule has 0 bridgehead atoms. The Balaban J connectivity index is 0.00000400. The summed E-state index contributed by atoms with van der Waals surface area (Å²) in [5.41, 5.74) is 1.26. The van der Waals surface area contributed by atoms with Crippen LogP contribution >= 0.6 is 24.0 Å². The number of hydrogen-bond acceptors (Lipinski definition) is 3. The zero-order valence-corrected chi connectivity index (χ0v) is 15.6. The number of aliphatic imine (C=N–C) groups is 1. The molecule has 0 fully saturated rings. The van der Waals surface area contributed by atoms with Crippen molar-refractivity contribution in [1.29, 1.82) is 0 Å². The molecule has 7 heteroatoms. The van der Waals surface area contributed by atoms with Crippen LogP contribution in [0.1, 0.15) is 12.5 Å². The van der Waals surface area contributed by atoms with E-state index in [1.54, 1.807) is 0 Å². The van der Waals surface area contributed by atoms with Crippen LogP contribution in [0, 0.1) is 0 Å². The molecule has 0 saturated heterocycles. The molecule has 21 heavy (non-hydrogen) atoms. The maximum atomic E-state index is 11.1. The fourth-order valence-corrected chi connectivity index (χ4v) is 2.06. The SMILES string of the molecule is CCNC(=NCCS(C)(=O)=O)NCCc1ccccc1.I. The lowest BCUT2D eigenvalue weighted by Gasteiger charge is -2.11. The summed E-state index contributed by atoms with van der Waals surface area (Å²) in [5, 5.41) is 6.30. The van der Waals surface area contributed by atoms with Crippen LogP contribution in [0.15, 0.2) is 35.3 Å². The van der Waals surface area contributed by atoms with Crippen LogP contribution in [0.25, 0.3) is 0 Å². The number of hydrogen-bond donors (Lipinski definition) is 2. The molecule has 1 aromatic carbocycles. The Kier molecular flexibility index (Phi) is 10.4. The maximum absolute atomic E-state index is 11.1. The molecule has 0 heterocycles. The zero-order valence-electron chi connectivity index (χ0n) is 12.5. The summed E-state index contributed by atoms with van der Waals surface area (Å²) < 4.78 is 22.1. The van der Waals surface area contributed by atoms with Crippen molar-refractivity contribution >= 4 is 39.8 Å². The van der Waals surface area contributed by atoms with Gasteiger partial charge < -0.3 is 10.6 Å². The van der Waals surface area contributed by atoms with Gasteiger partial charge in [0.1, 0.15) is 9.84 Å². The molecular weight excluding hydrogens is 401 g/mol. The van der Waals surface area contributed by atoms with Crippen molar-refractivity contribution in [2.45, 2.75) is 13.3 Å². The van der Waals surface area contributed by atoms with Gasteiger partial charge >= 0.3 is 0 Å². The Morgan fingerprint density at radius 1 is 1.19 bits per heavy atom. The smallest absolute Gasteiger partial charge is 0.191 e. The number of halogens is 1. The first-order valence-electron chi connectivity index (χ1n) is 6.75. The Hall–Kier alpha value is -0.830. The Labute approximate surface area is 144 Å². The third-order valence-corrected chi connectivity index (χ3v) is 3.55. The molecule has 120 valence electrons. The molecular formula is C14H24IN3O2S. The number of benzene rings is 1. The van der Waals surface area contributed by atoms with Crippen molar-refractivity contribution in [2.24, 2.45) is 4.99 Å². The van der Waals surface area contributed by atoms with Crippen LogP contribution < -0.4 is 10.6 Å². The van der Waals surface area contributed by atoms with Crippen molar-refractivity contribution in [3.8, 4) is 0 Å². The molecule has 0 spiro atoms. The van der Waals surface area contributed by atoms with Gasteiger partial charge in [0.25, 0.3) is 0 Å². The van der Waals surface area contributed by atoms with E-state index in [1.807, 2.05) is 25.1 Å². The highest BCUT2D eigenvalue weighted by atomic mass is 127. The monoisotopic (exact) mass is 425 g/mol. The predicted octanol–water partition coefficient (Wildman–Crippen LogP) is 1.45. The summed E-state index contributed by atoms with van der Waals surface area (Å²) in [7, 11) is -2.96.